The Labute approximate surface area is 121 Å². The van der Waals surface area contributed by atoms with E-state index in [1.54, 1.807) is 0 Å². The van der Waals surface area contributed by atoms with Crippen molar-refractivity contribution in [2.24, 2.45) is 11.8 Å². The summed E-state index contributed by atoms with van der Waals surface area (Å²) in [4.78, 5) is 11.4. The molecule has 5 heteroatoms. The van der Waals surface area contributed by atoms with Crippen LogP contribution in [0.2, 0.25) is 0 Å². The lowest BCUT2D eigenvalue weighted by Crippen LogP contribution is -2.26. The molecule has 2 heterocycles. The number of hydrogen-bond donors (Lipinski definition) is 2. The van der Waals surface area contributed by atoms with Crippen molar-refractivity contribution in [3.05, 3.63) is 11.9 Å². The van der Waals surface area contributed by atoms with E-state index in [4.69, 9.17) is 5.84 Å². The van der Waals surface area contributed by atoms with Crippen molar-refractivity contribution in [2.45, 2.75) is 52.4 Å². The van der Waals surface area contributed by atoms with E-state index >= 15 is 0 Å². The highest BCUT2D eigenvalue weighted by atomic mass is 15.3. The van der Waals surface area contributed by atoms with Crippen molar-refractivity contribution in [1.82, 2.24) is 9.97 Å². The number of hydrazine groups is 1. The Bertz CT molecular complexity index is 398. The van der Waals surface area contributed by atoms with Gasteiger partial charge in [0.1, 0.15) is 17.5 Å². The highest BCUT2D eigenvalue weighted by Crippen LogP contribution is 2.25. The summed E-state index contributed by atoms with van der Waals surface area (Å²) in [5, 5.41) is 0. The molecule has 1 unspecified atom stereocenters. The standard InChI is InChI=1S/C15H27N5/c1-3-6-12-7-5-9-20(10-8-12)15-11-14(19-16)17-13(4-2)18-15/h11-12H,3-10,16H2,1-2H3,(H,17,18,19). The number of aryl methyl sites for hydroxylation is 1. The monoisotopic (exact) mass is 277 g/mol. The van der Waals surface area contributed by atoms with Gasteiger partial charge in [0.2, 0.25) is 0 Å². The maximum atomic E-state index is 5.51. The molecular weight excluding hydrogens is 250 g/mol. The summed E-state index contributed by atoms with van der Waals surface area (Å²) >= 11 is 0. The van der Waals surface area contributed by atoms with Gasteiger partial charge < -0.3 is 10.3 Å². The molecule has 1 saturated heterocycles. The number of rotatable bonds is 5. The Morgan fingerprint density at radius 3 is 2.85 bits per heavy atom. The predicted octanol–water partition coefficient (Wildman–Crippen LogP) is 2.73. The Balaban J connectivity index is 2.10. The quantitative estimate of drug-likeness (QED) is 0.640. The van der Waals surface area contributed by atoms with Gasteiger partial charge >= 0.3 is 0 Å². The molecule has 3 N–H and O–H groups in total. The molecule has 1 atom stereocenters. The van der Waals surface area contributed by atoms with Gasteiger partial charge in [-0.2, -0.15) is 0 Å². The third kappa shape index (κ3) is 3.82. The molecule has 1 aliphatic heterocycles. The van der Waals surface area contributed by atoms with E-state index < -0.39 is 0 Å². The molecule has 0 amide bonds. The second kappa shape index (κ2) is 7.43. The second-order valence-electron chi connectivity index (χ2n) is 5.60. The molecule has 5 nitrogen and oxygen atoms in total. The maximum absolute atomic E-state index is 5.51. The smallest absolute Gasteiger partial charge is 0.145 e. The fourth-order valence-electron chi connectivity index (χ4n) is 2.97. The minimum atomic E-state index is 0.709. The van der Waals surface area contributed by atoms with Crippen LogP contribution >= 0.6 is 0 Å². The van der Waals surface area contributed by atoms with Crippen LogP contribution in [0.4, 0.5) is 11.6 Å². The van der Waals surface area contributed by atoms with Gasteiger partial charge in [0.05, 0.1) is 0 Å². The SMILES string of the molecule is CCCC1CCCN(c2cc(NN)nc(CC)n2)CC1. The normalized spacial score (nSPS) is 19.8. The molecule has 1 fully saturated rings. The summed E-state index contributed by atoms with van der Waals surface area (Å²) in [7, 11) is 0. The minimum Gasteiger partial charge on any atom is -0.356 e. The van der Waals surface area contributed by atoms with Crippen molar-refractivity contribution < 1.29 is 0 Å². The molecule has 0 saturated carbocycles. The average molecular weight is 277 g/mol. The zero-order valence-corrected chi connectivity index (χ0v) is 12.7. The van der Waals surface area contributed by atoms with E-state index in [0.717, 1.165) is 37.1 Å². The van der Waals surface area contributed by atoms with E-state index in [2.05, 4.69) is 34.1 Å². The molecule has 1 aromatic rings. The highest BCUT2D eigenvalue weighted by Gasteiger charge is 2.18. The second-order valence-corrected chi connectivity index (χ2v) is 5.60. The Hall–Kier alpha value is -1.36. The molecule has 20 heavy (non-hydrogen) atoms. The third-order valence-electron chi connectivity index (χ3n) is 4.09. The van der Waals surface area contributed by atoms with Gasteiger partial charge in [-0.25, -0.2) is 15.8 Å². The Morgan fingerprint density at radius 2 is 2.15 bits per heavy atom. The number of nitrogen functional groups attached to an aromatic ring is 1. The zero-order valence-electron chi connectivity index (χ0n) is 12.7. The van der Waals surface area contributed by atoms with Crippen LogP contribution in [0.5, 0.6) is 0 Å². The maximum Gasteiger partial charge on any atom is 0.145 e. The van der Waals surface area contributed by atoms with E-state index in [0.29, 0.717) is 5.82 Å². The summed E-state index contributed by atoms with van der Waals surface area (Å²) in [5.74, 6) is 8.96. The first-order chi connectivity index (χ1) is 9.76. The first kappa shape index (κ1) is 15.0. The molecular formula is C15H27N5. The summed E-state index contributed by atoms with van der Waals surface area (Å²) in [6, 6.07) is 1.96. The first-order valence-corrected chi connectivity index (χ1v) is 7.86. The number of anilines is 2. The predicted molar refractivity (Wildman–Crippen MR) is 83.7 cm³/mol. The molecule has 2 rings (SSSR count). The van der Waals surface area contributed by atoms with Gasteiger partial charge in [-0.3, -0.25) is 0 Å². The van der Waals surface area contributed by atoms with Gasteiger partial charge in [0.15, 0.2) is 0 Å². The fraction of sp³-hybridized carbons (Fsp3) is 0.733. The number of nitrogens with two attached hydrogens (primary N) is 1. The van der Waals surface area contributed by atoms with Crippen molar-refractivity contribution in [3.8, 4) is 0 Å². The molecule has 0 spiro atoms. The van der Waals surface area contributed by atoms with E-state index in [9.17, 15) is 0 Å². The minimum absolute atomic E-state index is 0.709. The summed E-state index contributed by atoms with van der Waals surface area (Å²) in [5.41, 5.74) is 2.65. The van der Waals surface area contributed by atoms with Crippen LogP contribution in [0, 0.1) is 5.92 Å². The Morgan fingerprint density at radius 1 is 1.30 bits per heavy atom. The van der Waals surface area contributed by atoms with Crippen molar-refractivity contribution >= 4 is 11.6 Å². The lowest BCUT2D eigenvalue weighted by Gasteiger charge is -2.22. The van der Waals surface area contributed by atoms with Crippen LogP contribution in [0.1, 0.15) is 51.8 Å². The number of hydrogen-bond acceptors (Lipinski definition) is 5. The van der Waals surface area contributed by atoms with Gasteiger partial charge in [-0.05, 0) is 25.2 Å². The molecule has 0 radical (unpaired) electrons. The van der Waals surface area contributed by atoms with Crippen LogP contribution in [0.25, 0.3) is 0 Å². The number of nitrogens with one attached hydrogen (secondary N) is 1. The van der Waals surface area contributed by atoms with Crippen molar-refractivity contribution in [1.29, 1.82) is 0 Å². The van der Waals surface area contributed by atoms with E-state index in [1.165, 1.54) is 32.1 Å². The van der Waals surface area contributed by atoms with Crippen molar-refractivity contribution in [2.75, 3.05) is 23.4 Å². The first-order valence-electron chi connectivity index (χ1n) is 7.86. The number of aromatic nitrogens is 2. The van der Waals surface area contributed by atoms with Crippen LogP contribution in [0.3, 0.4) is 0 Å². The largest absolute Gasteiger partial charge is 0.356 e. The molecule has 0 bridgehead atoms. The molecule has 0 aliphatic carbocycles. The molecule has 1 aromatic heterocycles. The summed E-state index contributed by atoms with van der Waals surface area (Å²) in [6.07, 6.45) is 7.34. The fourth-order valence-corrected chi connectivity index (χ4v) is 2.97. The van der Waals surface area contributed by atoms with Gasteiger partial charge in [0.25, 0.3) is 0 Å². The van der Waals surface area contributed by atoms with Crippen LogP contribution < -0.4 is 16.2 Å². The molecule has 0 aromatic carbocycles. The summed E-state index contributed by atoms with van der Waals surface area (Å²) < 4.78 is 0. The Kier molecular flexibility index (Phi) is 5.59. The lowest BCUT2D eigenvalue weighted by molar-refractivity contribution is 0.435. The lowest BCUT2D eigenvalue weighted by atomic mass is 9.96. The molecule has 1 aliphatic rings. The summed E-state index contributed by atoms with van der Waals surface area (Å²) in [6.45, 7) is 6.53. The van der Waals surface area contributed by atoms with E-state index in [1.807, 2.05) is 6.07 Å². The van der Waals surface area contributed by atoms with Gasteiger partial charge in [-0.1, -0.05) is 26.7 Å². The topological polar surface area (TPSA) is 67.1 Å². The third-order valence-corrected chi connectivity index (χ3v) is 4.09. The average Bonchev–Trinajstić information content (AvgIpc) is 2.73. The van der Waals surface area contributed by atoms with Gasteiger partial charge in [-0.15, -0.1) is 0 Å². The molecule has 112 valence electrons. The zero-order chi connectivity index (χ0) is 14.4. The van der Waals surface area contributed by atoms with E-state index in [-0.39, 0.29) is 0 Å². The highest BCUT2D eigenvalue weighted by molar-refractivity contribution is 5.49. The van der Waals surface area contributed by atoms with Crippen LogP contribution in [-0.2, 0) is 6.42 Å². The van der Waals surface area contributed by atoms with Crippen LogP contribution in [-0.4, -0.2) is 23.1 Å². The van der Waals surface area contributed by atoms with Crippen molar-refractivity contribution in [3.63, 3.8) is 0 Å². The van der Waals surface area contributed by atoms with Crippen LogP contribution in [0.15, 0.2) is 6.07 Å². The number of nitrogens with zero attached hydrogens (tertiary/aromatic N) is 3. The van der Waals surface area contributed by atoms with Gasteiger partial charge in [0, 0.05) is 25.6 Å².